The van der Waals surface area contributed by atoms with Crippen LogP contribution in [0.2, 0.25) is 0 Å². The van der Waals surface area contributed by atoms with Gasteiger partial charge in [-0.05, 0) is 69.7 Å². The number of carbonyl (C=O) groups excluding carboxylic acids is 2. The summed E-state index contributed by atoms with van der Waals surface area (Å²) in [5, 5.41) is 19.9. The maximum Gasteiger partial charge on any atom is 0.410 e. The van der Waals surface area contributed by atoms with Crippen LogP contribution in [0, 0.1) is 6.92 Å². The number of hydrogen-bond donors (Lipinski definition) is 2. The van der Waals surface area contributed by atoms with E-state index >= 15 is 0 Å². The average Bonchev–Trinajstić information content (AvgIpc) is 3.69. The van der Waals surface area contributed by atoms with E-state index < -0.39 is 29.9 Å². The molecule has 238 valence electrons. The summed E-state index contributed by atoms with van der Waals surface area (Å²) in [6, 6.07) is 4.24. The molecule has 44 heavy (non-hydrogen) atoms. The van der Waals surface area contributed by atoms with Gasteiger partial charge in [-0.15, -0.1) is 0 Å². The summed E-state index contributed by atoms with van der Waals surface area (Å²) in [5.74, 6) is 0.459. The van der Waals surface area contributed by atoms with Gasteiger partial charge in [0.1, 0.15) is 18.0 Å². The fourth-order valence-electron chi connectivity index (χ4n) is 5.92. The Morgan fingerprint density at radius 3 is 2.57 bits per heavy atom. The van der Waals surface area contributed by atoms with Gasteiger partial charge in [-0.3, -0.25) is 9.69 Å². The highest BCUT2D eigenvalue weighted by Crippen LogP contribution is 2.43. The monoisotopic (exact) mass is 628 g/mol. The van der Waals surface area contributed by atoms with Crippen molar-refractivity contribution in [1.29, 1.82) is 0 Å². The van der Waals surface area contributed by atoms with Crippen molar-refractivity contribution in [3.8, 4) is 10.9 Å². The molecule has 1 unspecified atom stereocenters. The smallest absolute Gasteiger partial charge is 0.410 e. The third-order valence-corrected chi connectivity index (χ3v) is 9.03. The van der Waals surface area contributed by atoms with E-state index in [4.69, 9.17) is 14.2 Å². The van der Waals surface area contributed by atoms with Gasteiger partial charge >= 0.3 is 12.2 Å². The minimum atomic E-state index is -1.15. The van der Waals surface area contributed by atoms with Crippen LogP contribution in [0.25, 0.3) is 5.57 Å². The summed E-state index contributed by atoms with van der Waals surface area (Å²) in [7, 11) is 1.61. The fourth-order valence-corrected chi connectivity index (χ4v) is 6.78. The van der Waals surface area contributed by atoms with Gasteiger partial charge in [-0.1, -0.05) is 23.5 Å². The maximum atomic E-state index is 14.8. The highest BCUT2D eigenvalue weighted by atomic mass is 32.1. The third kappa shape index (κ3) is 6.63. The van der Waals surface area contributed by atoms with Gasteiger partial charge in [0.25, 0.3) is 11.1 Å². The summed E-state index contributed by atoms with van der Waals surface area (Å²) >= 11 is 1.25. The molecule has 0 spiro atoms. The number of carbonyl (C=O) groups is 3. The summed E-state index contributed by atoms with van der Waals surface area (Å²) in [6.45, 7) is 7.64. The predicted molar refractivity (Wildman–Crippen MR) is 163 cm³/mol. The molecule has 1 saturated heterocycles. The molecule has 2 N–H and O–H groups in total. The number of nitrogens with zero attached hydrogens (tertiary/aromatic N) is 4. The van der Waals surface area contributed by atoms with Crippen LogP contribution in [0.1, 0.15) is 56.0 Å². The van der Waals surface area contributed by atoms with Crippen molar-refractivity contribution in [2.75, 3.05) is 33.4 Å². The lowest BCUT2D eigenvalue weighted by atomic mass is 9.83. The van der Waals surface area contributed by atoms with E-state index in [0.29, 0.717) is 27.8 Å². The minimum absolute atomic E-state index is 0.00770. The molecule has 1 aliphatic carbocycles. The number of piperazine rings is 1. The van der Waals surface area contributed by atoms with E-state index in [1.54, 1.807) is 34.1 Å². The van der Waals surface area contributed by atoms with Crippen LogP contribution in [0.3, 0.4) is 0 Å². The average molecular weight is 629 g/mol. The first-order chi connectivity index (χ1) is 20.9. The van der Waals surface area contributed by atoms with Crippen LogP contribution < -0.4 is 9.47 Å². The molecule has 1 aromatic carbocycles. The Bertz CT molecular complexity index is 1450. The Hall–Kier alpha value is -3.84. The van der Waals surface area contributed by atoms with Crippen LogP contribution in [0.4, 0.5) is 9.59 Å². The topological polar surface area (TPSA) is 142 Å². The van der Waals surface area contributed by atoms with Crippen molar-refractivity contribution in [2.24, 2.45) is 0 Å². The van der Waals surface area contributed by atoms with E-state index in [2.05, 4.69) is 4.98 Å². The number of aromatic nitrogens is 1. The van der Waals surface area contributed by atoms with Crippen molar-refractivity contribution < 1.29 is 38.8 Å². The number of rotatable bonds is 9. The van der Waals surface area contributed by atoms with Crippen molar-refractivity contribution in [2.45, 2.75) is 77.2 Å². The predicted octanol–water partition coefficient (Wildman–Crippen LogP) is 4.15. The van der Waals surface area contributed by atoms with Crippen LogP contribution in [-0.4, -0.2) is 105 Å². The first-order valence-electron chi connectivity index (χ1n) is 14.8. The van der Waals surface area contributed by atoms with Crippen LogP contribution >= 0.6 is 11.3 Å². The van der Waals surface area contributed by atoms with Crippen LogP contribution in [0.5, 0.6) is 10.9 Å². The van der Waals surface area contributed by atoms with E-state index in [-0.39, 0.29) is 44.7 Å². The Kier molecular flexibility index (Phi) is 9.07. The highest BCUT2D eigenvalue weighted by Gasteiger charge is 2.50. The second-order valence-corrected chi connectivity index (χ2v) is 13.3. The lowest BCUT2D eigenvalue weighted by molar-refractivity contribution is -0.129. The number of methoxy groups -OCH3 is 1. The van der Waals surface area contributed by atoms with Gasteiger partial charge in [0.2, 0.25) is 0 Å². The SMILES string of the molecule is COc1cccc(CN(C(=O)C2=C(c3cnc(OCCO)s3)CC3CN(C(=O)OC(C)(C)C)C[C@H]2N3C(=O)O)C2CC2)c1C. The second-order valence-electron chi connectivity index (χ2n) is 12.3. The number of hydrogen-bond acceptors (Lipinski definition) is 9. The molecule has 3 aliphatic rings. The number of benzene rings is 1. The Morgan fingerprint density at radius 2 is 1.93 bits per heavy atom. The van der Waals surface area contributed by atoms with Crippen molar-refractivity contribution in [3.05, 3.63) is 46.0 Å². The van der Waals surface area contributed by atoms with Crippen molar-refractivity contribution in [1.82, 2.24) is 19.7 Å². The summed E-state index contributed by atoms with van der Waals surface area (Å²) in [6.07, 6.45) is 1.84. The molecule has 3 heterocycles. The molecule has 2 fully saturated rings. The zero-order valence-electron chi connectivity index (χ0n) is 25.7. The van der Waals surface area contributed by atoms with Gasteiger partial charge in [0, 0.05) is 37.4 Å². The van der Waals surface area contributed by atoms with E-state index in [0.717, 1.165) is 29.7 Å². The normalized spacial score (nSPS) is 20.0. The molecular formula is C31H40N4O8S. The Labute approximate surface area is 260 Å². The third-order valence-electron chi connectivity index (χ3n) is 8.06. The van der Waals surface area contributed by atoms with Gasteiger partial charge in [0.05, 0.1) is 30.7 Å². The van der Waals surface area contributed by atoms with Gasteiger partial charge in [-0.2, -0.15) is 0 Å². The van der Waals surface area contributed by atoms with Gasteiger partial charge in [0.15, 0.2) is 0 Å². The summed E-state index contributed by atoms with van der Waals surface area (Å²) in [4.78, 5) is 50.4. The standard InChI is InChI=1S/C31H40N4O8S/c1-18-19(7-6-8-24(18)41-5)15-34(20-9-10-20)27(37)26-22(25-14-32-28(44-25)42-12-11-36)13-21-16-33(30(40)43-31(2,3)4)17-23(26)35(21)29(38)39/h6-8,14,20-21,23,36H,9-13,15-17H2,1-5H3,(H,38,39)/t21?,23-/m1/s1. The molecule has 12 nitrogen and oxygen atoms in total. The largest absolute Gasteiger partial charge is 0.496 e. The number of aliphatic hydroxyl groups excluding tert-OH is 1. The van der Waals surface area contributed by atoms with Crippen LogP contribution in [0.15, 0.2) is 30.0 Å². The molecule has 1 saturated carbocycles. The Morgan fingerprint density at radius 1 is 1.18 bits per heavy atom. The lowest BCUT2D eigenvalue weighted by Gasteiger charge is -2.50. The van der Waals surface area contributed by atoms with Gasteiger partial charge in [-0.25, -0.2) is 14.6 Å². The molecule has 13 heteroatoms. The van der Waals surface area contributed by atoms with E-state index in [1.165, 1.54) is 21.1 Å². The number of aliphatic hydroxyl groups is 1. The van der Waals surface area contributed by atoms with E-state index in [9.17, 15) is 24.6 Å². The molecule has 2 aliphatic heterocycles. The van der Waals surface area contributed by atoms with E-state index in [1.807, 2.05) is 30.0 Å². The maximum absolute atomic E-state index is 14.8. The number of thiazole rings is 1. The fraction of sp³-hybridized carbons (Fsp3) is 0.548. The molecule has 2 bridgehead atoms. The second kappa shape index (κ2) is 12.6. The molecule has 5 rings (SSSR count). The quantitative estimate of drug-likeness (QED) is 0.419. The molecular weight excluding hydrogens is 588 g/mol. The minimum Gasteiger partial charge on any atom is -0.496 e. The number of carboxylic acid groups (broad SMARTS) is 1. The lowest BCUT2D eigenvalue weighted by Crippen LogP contribution is -2.65. The molecule has 3 amide bonds. The number of ether oxygens (including phenoxy) is 3. The number of amides is 3. The zero-order valence-corrected chi connectivity index (χ0v) is 26.6. The Balaban J connectivity index is 1.59. The van der Waals surface area contributed by atoms with Gasteiger partial charge < -0.3 is 34.2 Å². The first kappa shape index (κ1) is 31.6. The number of fused-ring (bicyclic) bond motifs is 2. The van der Waals surface area contributed by atoms with Crippen molar-refractivity contribution >= 4 is 35.0 Å². The highest BCUT2D eigenvalue weighted by molar-refractivity contribution is 7.14. The molecule has 2 aromatic rings. The zero-order chi connectivity index (χ0) is 31.8. The molecule has 0 radical (unpaired) electrons. The summed E-state index contributed by atoms with van der Waals surface area (Å²) < 4.78 is 16.7. The molecule has 2 atom stereocenters. The van der Waals surface area contributed by atoms with Crippen LogP contribution in [-0.2, 0) is 16.1 Å². The summed E-state index contributed by atoms with van der Waals surface area (Å²) in [5.41, 5.74) is 2.17. The molecule has 1 aromatic heterocycles. The first-order valence-corrected chi connectivity index (χ1v) is 15.6. The van der Waals surface area contributed by atoms with Crippen molar-refractivity contribution in [3.63, 3.8) is 0 Å².